The van der Waals surface area contributed by atoms with E-state index in [0.717, 1.165) is 121 Å². The van der Waals surface area contributed by atoms with Gasteiger partial charge in [-0.25, -0.2) is 16.8 Å². The van der Waals surface area contributed by atoms with Gasteiger partial charge in [0.15, 0.2) is 0 Å². The van der Waals surface area contributed by atoms with Gasteiger partial charge in [0.2, 0.25) is 0 Å². The van der Waals surface area contributed by atoms with Crippen molar-refractivity contribution in [1.29, 1.82) is 0 Å². The number of fused-ring (bicyclic) bond motifs is 2. The Labute approximate surface area is 361 Å². The van der Waals surface area contributed by atoms with Crippen molar-refractivity contribution in [2.24, 2.45) is 0 Å². The first-order valence-electron chi connectivity index (χ1n) is 19.9. The molecule has 4 rings (SSSR count). The van der Waals surface area contributed by atoms with Crippen molar-refractivity contribution < 1.29 is 25.9 Å². The molecule has 9 heteroatoms. The van der Waals surface area contributed by atoms with E-state index in [1.54, 1.807) is 24.3 Å². The summed E-state index contributed by atoms with van der Waals surface area (Å²) in [6.45, 7) is 8.72. The maximum atomic E-state index is 11.7. The van der Waals surface area contributed by atoms with Crippen LogP contribution in [0.5, 0.6) is 0 Å². The fraction of sp³-hybridized carbons (Fsp3) is 0.545. The number of aryl methyl sites for hydroxylation is 4. The van der Waals surface area contributed by atoms with Crippen molar-refractivity contribution in [1.82, 2.24) is 0 Å². The Hall–Kier alpha value is -1.21. The maximum Gasteiger partial charge on any atom is 2.00 e. The van der Waals surface area contributed by atoms with Crippen molar-refractivity contribution in [3.8, 4) is 0 Å². The molecule has 0 aromatic heterocycles. The molecule has 0 bridgehead atoms. The second-order valence-corrected chi connectivity index (χ2v) is 17.1. The normalized spacial score (nSPS) is 11.7. The molecule has 288 valence electrons. The van der Waals surface area contributed by atoms with Crippen LogP contribution in [0.3, 0.4) is 0 Å². The molecule has 0 N–H and O–H groups in total. The Morgan fingerprint density at radius 2 is 0.698 bits per heavy atom. The summed E-state index contributed by atoms with van der Waals surface area (Å²) in [5, 5.41) is 4.07. The van der Waals surface area contributed by atoms with Gasteiger partial charge in [0.1, 0.15) is 20.2 Å². The molecule has 0 aliphatic rings. The van der Waals surface area contributed by atoms with Gasteiger partial charge in [-0.05, 0) is 119 Å². The van der Waals surface area contributed by atoms with E-state index in [9.17, 15) is 25.9 Å². The molecule has 53 heavy (non-hydrogen) atoms. The summed E-state index contributed by atoms with van der Waals surface area (Å²) >= 11 is 0. The van der Waals surface area contributed by atoms with E-state index in [1.807, 2.05) is 0 Å². The quantitative estimate of drug-likeness (QED) is 0.0441. The Morgan fingerprint density at radius 3 is 0.981 bits per heavy atom. The van der Waals surface area contributed by atoms with Gasteiger partial charge >= 0.3 is 48.9 Å². The van der Waals surface area contributed by atoms with Crippen molar-refractivity contribution in [2.45, 2.75) is 166 Å². The molecule has 0 radical (unpaired) electrons. The number of hydrogen-bond donors (Lipinski definition) is 0. The summed E-state index contributed by atoms with van der Waals surface area (Å²) in [5.74, 6) is 0. The van der Waals surface area contributed by atoms with Gasteiger partial charge in [-0.2, -0.15) is 0 Å². The Balaban J connectivity index is 0.000000360. The zero-order valence-electron chi connectivity index (χ0n) is 32.9. The molecule has 0 unspecified atom stereocenters. The minimum Gasteiger partial charge on any atom is -0.744 e. The van der Waals surface area contributed by atoms with Crippen LogP contribution < -0.4 is 0 Å². The van der Waals surface area contributed by atoms with Crippen LogP contribution in [-0.2, 0) is 45.9 Å². The molecule has 0 aliphatic heterocycles. The molecular formula is C44H62BaO6S2. The van der Waals surface area contributed by atoms with Crippen LogP contribution in [-0.4, -0.2) is 74.8 Å². The Bertz CT molecular complexity index is 1770. The molecule has 0 fully saturated rings. The second kappa shape index (κ2) is 25.1. The van der Waals surface area contributed by atoms with Gasteiger partial charge in [0.25, 0.3) is 0 Å². The first-order valence-corrected chi connectivity index (χ1v) is 22.8. The largest absolute Gasteiger partial charge is 2.00 e. The van der Waals surface area contributed by atoms with E-state index in [2.05, 4.69) is 64.1 Å². The fourth-order valence-electron chi connectivity index (χ4n) is 7.10. The van der Waals surface area contributed by atoms with Crippen molar-refractivity contribution in [2.75, 3.05) is 0 Å². The summed E-state index contributed by atoms with van der Waals surface area (Å²) in [5.41, 5.74) is 4.28. The van der Waals surface area contributed by atoms with Crippen LogP contribution in [0.1, 0.15) is 153 Å². The fourth-order valence-corrected chi connectivity index (χ4v) is 8.20. The minimum absolute atomic E-state index is 0. The van der Waals surface area contributed by atoms with E-state index in [4.69, 9.17) is 0 Å². The second-order valence-electron chi connectivity index (χ2n) is 14.3. The molecule has 6 nitrogen and oxygen atoms in total. The molecular weight excluding hydrogens is 826 g/mol. The van der Waals surface area contributed by atoms with Gasteiger partial charge in [0.05, 0.1) is 9.79 Å². The number of hydrogen-bond acceptors (Lipinski definition) is 6. The molecule has 0 heterocycles. The summed E-state index contributed by atoms with van der Waals surface area (Å²) in [4.78, 5) is -0.173. The van der Waals surface area contributed by atoms with Gasteiger partial charge in [-0.15, -0.1) is 0 Å². The van der Waals surface area contributed by atoms with Crippen molar-refractivity contribution in [3.63, 3.8) is 0 Å². The number of benzene rings is 4. The average molecular weight is 888 g/mol. The van der Waals surface area contributed by atoms with Crippen LogP contribution in [0.15, 0.2) is 70.5 Å². The summed E-state index contributed by atoms with van der Waals surface area (Å²) in [6, 6.07) is 18.7. The van der Waals surface area contributed by atoms with Gasteiger partial charge in [-0.3, -0.25) is 0 Å². The first-order chi connectivity index (χ1) is 24.9. The third kappa shape index (κ3) is 16.1. The van der Waals surface area contributed by atoms with Crippen molar-refractivity contribution in [3.05, 3.63) is 82.9 Å². The van der Waals surface area contributed by atoms with Gasteiger partial charge in [-0.1, -0.05) is 141 Å². The predicted octanol–water partition coefficient (Wildman–Crippen LogP) is 11.6. The molecule has 0 amide bonds. The Kier molecular flexibility index (Phi) is 22.7. The molecule has 0 saturated heterocycles. The summed E-state index contributed by atoms with van der Waals surface area (Å²) in [6.07, 6.45) is 21.8. The predicted molar refractivity (Wildman–Crippen MR) is 221 cm³/mol. The molecule has 0 aliphatic carbocycles. The average Bonchev–Trinajstić information content (AvgIpc) is 3.11. The standard InChI is InChI=1S/2C22H32O3S.Ba/c2*1-3-5-7-9-12-18-14-11-15-21-19(13-10-8-6-4-2)16-20(17-22(18)21)26(23,24)25;/h2*11,14-17H,3-10,12-13H2,1-2H3,(H,23,24,25);/q;;+2/p-2. The first kappa shape index (κ1) is 47.9. The van der Waals surface area contributed by atoms with Crippen LogP contribution in [0.4, 0.5) is 0 Å². The van der Waals surface area contributed by atoms with Crippen LogP contribution >= 0.6 is 0 Å². The zero-order valence-corrected chi connectivity index (χ0v) is 39.0. The van der Waals surface area contributed by atoms with Gasteiger partial charge < -0.3 is 9.11 Å². The van der Waals surface area contributed by atoms with Crippen molar-refractivity contribution >= 4 is 90.7 Å². The zero-order chi connectivity index (χ0) is 38.0. The Morgan fingerprint density at radius 1 is 0.396 bits per heavy atom. The van der Waals surface area contributed by atoms with Crippen LogP contribution in [0.25, 0.3) is 21.5 Å². The third-order valence-electron chi connectivity index (χ3n) is 10.1. The molecule has 4 aromatic rings. The molecule has 0 spiro atoms. The monoisotopic (exact) mass is 888 g/mol. The van der Waals surface area contributed by atoms with E-state index in [0.29, 0.717) is 0 Å². The van der Waals surface area contributed by atoms with Gasteiger partial charge in [0, 0.05) is 0 Å². The van der Waals surface area contributed by atoms with Crippen LogP contribution in [0.2, 0.25) is 0 Å². The SMILES string of the molecule is CCCCCCc1cc(S(=O)(=O)[O-])cc2c(CCCCCC)cccc12.CCCCCCc1cc(S(=O)(=O)[O-])cc2c(CCCCCC)cccc12.[Ba+2]. The number of rotatable bonds is 22. The summed E-state index contributed by atoms with van der Waals surface area (Å²) in [7, 11) is -8.90. The van der Waals surface area contributed by atoms with E-state index >= 15 is 0 Å². The molecule has 0 saturated carbocycles. The summed E-state index contributed by atoms with van der Waals surface area (Å²) < 4.78 is 70.0. The smallest absolute Gasteiger partial charge is 0.744 e. The molecule has 0 atom stereocenters. The van der Waals surface area contributed by atoms with E-state index in [-0.39, 0.29) is 58.7 Å². The van der Waals surface area contributed by atoms with E-state index < -0.39 is 20.2 Å². The van der Waals surface area contributed by atoms with Crippen LogP contribution in [0, 0.1) is 0 Å². The maximum absolute atomic E-state index is 11.7. The molecule has 4 aromatic carbocycles. The topological polar surface area (TPSA) is 114 Å². The third-order valence-corrected chi connectivity index (χ3v) is 11.7. The van der Waals surface area contributed by atoms with E-state index in [1.165, 1.54) is 51.4 Å². The number of unbranched alkanes of at least 4 members (excludes halogenated alkanes) is 12. The minimum atomic E-state index is -4.45.